The van der Waals surface area contributed by atoms with Gasteiger partial charge in [-0.05, 0) is 26.7 Å². The topological polar surface area (TPSA) is 42.0 Å². The molecule has 0 saturated heterocycles. The summed E-state index contributed by atoms with van der Waals surface area (Å²) in [5.41, 5.74) is 1.03. The first-order valence-electron chi connectivity index (χ1n) is 6.54. The van der Waals surface area contributed by atoms with Crippen molar-refractivity contribution in [1.29, 1.82) is 0 Å². The van der Waals surface area contributed by atoms with Gasteiger partial charge in [0.25, 0.3) is 0 Å². The molecule has 100 valence electrons. The number of hydrogen-bond donors (Lipinski definition) is 1. The van der Waals surface area contributed by atoms with Crippen molar-refractivity contribution < 1.29 is 4.79 Å². The molecule has 1 amide bonds. The van der Waals surface area contributed by atoms with E-state index < -0.39 is 0 Å². The number of thiazole rings is 1. The Morgan fingerprint density at radius 2 is 2.22 bits per heavy atom. The molecule has 2 rings (SSSR count). The van der Waals surface area contributed by atoms with E-state index in [4.69, 9.17) is 0 Å². The molecule has 1 fully saturated rings. The van der Waals surface area contributed by atoms with Gasteiger partial charge in [-0.2, -0.15) is 0 Å². The number of amides is 1. The SMILES string of the molecule is Cc1csc(S[C@@H](C)C(=O)NC2CCCCC2)n1. The minimum atomic E-state index is -0.0579. The maximum Gasteiger partial charge on any atom is 0.233 e. The number of hydrogen-bond acceptors (Lipinski definition) is 4. The molecule has 1 aliphatic carbocycles. The van der Waals surface area contributed by atoms with Gasteiger partial charge in [-0.15, -0.1) is 11.3 Å². The second kappa shape index (κ2) is 6.57. The number of carbonyl (C=O) groups is 1. The minimum absolute atomic E-state index is 0.0579. The lowest BCUT2D eigenvalue weighted by Gasteiger charge is -2.24. The summed E-state index contributed by atoms with van der Waals surface area (Å²) in [7, 11) is 0. The van der Waals surface area contributed by atoms with Gasteiger partial charge < -0.3 is 5.32 Å². The molecule has 0 radical (unpaired) electrons. The highest BCUT2D eigenvalue weighted by atomic mass is 32.2. The zero-order valence-corrected chi connectivity index (χ0v) is 12.6. The summed E-state index contributed by atoms with van der Waals surface area (Å²) < 4.78 is 0.985. The lowest BCUT2D eigenvalue weighted by Crippen LogP contribution is -2.40. The van der Waals surface area contributed by atoms with Crippen LogP contribution in [0.5, 0.6) is 0 Å². The Morgan fingerprint density at radius 1 is 1.50 bits per heavy atom. The third kappa shape index (κ3) is 3.99. The normalized spacial score (nSPS) is 18.6. The number of carbonyl (C=O) groups excluding carboxylic acids is 1. The fourth-order valence-corrected chi connectivity index (χ4v) is 4.15. The number of aryl methyl sites for hydroxylation is 1. The number of thioether (sulfide) groups is 1. The molecule has 1 aromatic heterocycles. The highest BCUT2D eigenvalue weighted by Crippen LogP contribution is 2.27. The second-order valence-corrected chi connectivity index (χ2v) is 7.30. The van der Waals surface area contributed by atoms with Gasteiger partial charge in [-0.3, -0.25) is 4.79 Å². The summed E-state index contributed by atoms with van der Waals surface area (Å²) in [6, 6.07) is 0.396. The van der Waals surface area contributed by atoms with Crippen LogP contribution in [0.1, 0.15) is 44.7 Å². The van der Waals surface area contributed by atoms with Crippen molar-refractivity contribution in [2.75, 3.05) is 0 Å². The van der Waals surface area contributed by atoms with Crippen LogP contribution >= 0.6 is 23.1 Å². The van der Waals surface area contributed by atoms with E-state index in [-0.39, 0.29) is 11.2 Å². The van der Waals surface area contributed by atoms with Crippen LogP contribution in [0.2, 0.25) is 0 Å². The molecule has 5 heteroatoms. The Morgan fingerprint density at radius 3 is 2.83 bits per heavy atom. The van der Waals surface area contributed by atoms with E-state index in [1.165, 1.54) is 19.3 Å². The summed E-state index contributed by atoms with van der Waals surface area (Å²) in [5.74, 6) is 0.153. The van der Waals surface area contributed by atoms with Crippen LogP contribution in [0, 0.1) is 6.92 Å². The van der Waals surface area contributed by atoms with Crippen molar-refractivity contribution in [3.63, 3.8) is 0 Å². The van der Waals surface area contributed by atoms with Crippen LogP contribution in [0.3, 0.4) is 0 Å². The van der Waals surface area contributed by atoms with Crippen molar-refractivity contribution in [1.82, 2.24) is 10.3 Å². The monoisotopic (exact) mass is 284 g/mol. The molecule has 1 atom stereocenters. The van der Waals surface area contributed by atoms with Crippen molar-refractivity contribution in [3.8, 4) is 0 Å². The molecule has 1 aromatic rings. The van der Waals surface area contributed by atoms with E-state index >= 15 is 0 Å². The van der Waals surface area contributed by atoms with Crippen LogP contribution in [-0.4, -0.2) is 22.2 Å². The zero-order valence-electron chi connectivity index (χ0n) is 10.9. The molecule has 3 nitrogen and oxygen atoms in total. The third-order valence-corrected chi connectivity index (χ3v) is 5.39. The molecule has 1 saturated carbocycles. The van der Waals surface area contributed by atoms with E-state index in [1.807, 2.05) is 19.2 Å². The van der Waals surface area contributed by atoms with Crippen LogP contribution < -0.4 is 5.32 Å². The molecule has 0 unspecified atom stereocenters. The summed E-state index contributed by atoms with van der Waals surface area (Å²) in [6.45, 7) is 3.94. The predicted molar refractivity (Wildman–Crippen MR) is 77.2 cm³/mol. The molecule has 0 aliphatic heterocycles. The largest absolute Gasteiger partial charge is 0.352 e. The van der Waals surface area contributed by atoms with Gasteiger partial charge >= 0.3 is 0 Å². The van der Waals surface area contributed by atoms with Crippen LogP contribution in [0.4, 0.5) is 0 Å². The number of rotatable bonds is 4. The first-order chi connectivity index (χ1) is 8.65. The highest BCUT2D eigenvalue weighted by Gasteiger charge is 2.20. The van der Waals surface area contributed by atoms with E-state index in [0.29, 0.717) is 6.04 Å². The molecule has 1 aliphatic rings. The maximum atomic E-state index is 12.1. The van der Waals surface area contributed by atoms with E-state index in [2.05, 4.69) is 10.3 Å². The van der Waals surface area contributed by atoms with E-state index in [0.717, 1.165) is 22.9 Å². The predicted octanol–water partition coefficient (Wildman–Crippen LogP) is 3.38. The first-order valence-corrected chi connectivity index (χ1v) is 8.30. The zero-order chi connectivity index (χ0) is 13.0. The quantitative estimate of drug-likeness (QED) is 0.862. The Kier molecular flexibility index (Phi) is 5.06. The minimum Gasteiger partial charge on any atom is -0.352 e. The summed E-state index contributed by atoms with van der Waals surface area (Å²) >= 11 is 3.17. The highest BCUT2D eigenvalue weighted by molar-refractivity contribution is 8.02. The van der Waals surface area contributed by atoms with Crippen molar-refractivity contribution in [3.05, 3.63) is 11.1 Å². The standard InChI is InChI=1S/C13H20N2OS2/c1-9-8-17-13(14-9)18-10(2)12(16)15-11-6-4-3-5-7-11/h8,10-11H,3-7H2,1-2H3,(H,15,16)/t10-/m0/s1. The van der Waals surface area contributed by atoms with Gasteiger partial charge in [-0.1, -0.05) is 31.0 Å². The van der Waals surface area contributed by atoms with Gasteiger partial charge in [0.1, 0.15) is 0 Å². The van der Waals surface area contributed by atoms with E-state index in [9.17, 15) is 4.79 Å². The molecule has 18 heavy (non-hydrogen) atoms. The number of aromatic nitrogens is 1. The Hall–Kier alpha value is -0.550. The first kappa shape index (κ1) is 13.9. The van der Waals surface area contributed by atoms with Gasteiger partial charge in [0.15, 0.2) is 4.34 Å². The van der Waals surface area contributed by atoms with Crippen molar-refractivity contribution >= 4 is 29.0 Å². The maximum absolute atomic E-state index is 12.1. The smallest absolute Gasteiger partial charge is 0.233 e. The van der Waals surface area contributed by atoms with Crippen LogP contribution in [-0.2, 0) is 4.79 Å². The number of nitrogens with one attached hydrogen (secondary N) is 1. The fourth-order valence-electron chi connectivity index (χ4n) is 2.16. The Labute approximate surface area is 117 Å². The van der Waals surface area contributed by atoms with Crippen LogP contribution in [0.25, 0.3) is 0 Å². The van der Waals surface area contributed by atoms with Crippen molar-refractivity contribution in [2.24, 2.45) is 0 Å². The number of nitrogens with zero attached hydrogens (tertiary/aromatic N) is 1. The van der Waals surface area contributed by atoms with E-state index in [1.54, 1.807) is 23.1 Å². The second-order valence-electron chi connectivity index (χ2n) is 4.86. The molecule has 1 heterocycles. The average Bonchev–Trinajstić information content (AvgIpc) is 2.76. The summed E-state index contributed by atoms with van der Waals surface area (Å²) in [5, 5.41) is 5.13. The van der Waals surface area contributed by atoms with Gasteiger partial charge in [0.05, 0.1) is 5.25 Å². The van der Waals surface area contributed by atoms with Gasteiger partial charge in [0, 0.05) is 17.1 Å². The summed E-state index contributed by atoms with van der Waals surface area (Å²) in [4.78, 5) is 16.4. The average molecular weight is 284 g/mol. The Balaban J connectivity index is 1.80. The third-order valence-electron chi connectivity index (χ3n) is 3.20. The van der Waals surface area contributed by atoms with Gasteiger partial charge in [0.2, 0.25) is 5.91 Å². The lowest BCUT2D eigenvalue weighted by molar-refractivity contribution is -0.121. The molecule has 0 aromatic carbocycles. The molecular formula is C13H20N2OS2. The summed E-state index contributed by atoms with van der Waals surface area (Å²) in [6.07, 6.45) is 6.09. The van der Waals surface area contributed by atoms with Gasteiger partial charge in [-0.25, -0.2) is 4.98 Å². The molecule has 0 spiro atoms. The fraction of sp³-hybridized carbons (Fsp3) is 0.692. The van der Waals surface area contributed by atoms with Crippen LogP contribution in [0.15, 0.2) is 9.72 Å². The molecule has 1 N–H and O–H groups in total. The Bertz CT molecular complexity index is 399. The van der Waals surface area contributed by atoms with Crippen molar-refractivity contribution in [2.45, 2.75) is 61.6 Å². The molecular weight excluding hydrogens is 264 g/mol. The lowest BCUT2D eigenvalue weighted by atomic mass is 9.95. The molecule has 0 bridgehead atoms.